The third kappa shape index (κ3) is 7.97. The molecule has 4 heteroatoms. The minimum absolute atomic E-state index is 0.400. The molecule has 0 saturated carbocycles. The van der Waals surface area contributed by atoms with Gasteiger partial charge in [0.2, 0.25) is 0 Å². The molecule has 13 aromatic carbocycles. The van der Waals surface area contributed by atoms with Gasteiger partial charge in [0, 0.05) is 71.9 Å². The van der Waals surface area contributed by atoms with Crippen LogP contribution < -0.4 is 9.80 Å². The van der Waals surface area contributed by atoms with E-state index >= 15 is 0 Å². The van der Waals surface area contributed by atoms with Gasteiger partial charge in [-0.1, -0.05) is 226 Å². The van der Waals surface area contributed by atoms with E-state index in [0.29, 0.717) is 0 Å². The molecule has 0 aliphatic heterocycles. The van der Waals surface area contributed by atoms with Crippen LogP contribution in [0.3, 0.4) is 0 Å². The summed E-state index contributed by atoms with van der Waals surface area (Å²) >= 11 is 0. The Morgan fingerprint density at radius 3 is 1.23 bits per heavy atom. The standard InChI is InChI=1S/C79H54N2O2/c1-79(2)71-49-61(80(57-41-37-53(38-42-57)51-19-5-3-6-20-51)59-25-15-23-55(47-59)62-31-17-33-68-65-28-11-13-35-74(65)82-77(62)68)45-46-70(71)76-67-30-10-9-27-64(67)73(50-72(76)79)81(58-43-39-54(40-44-58)52-21-7-4-8-22-52)60-26-16-24-56(48-60)63-32-18-34-69-66-29-12-14-36-75(66)83-78(63)69/h3-50H,1-2H3. The predicted octanol–water partition coefficient (Wildman–Crippen LogP) is 22.6. The van der Waals surface area contributed by atoms with Crippen LogP contribution >= 0.6 is 0 Å². The molecule has 2 aromatic heterocycles. The highest BCUT2D eigenvalue weighted by molar-refractivity contribution is 6.13. The number of furan rings is 2. The minimum Gasteiger partial charge on any atom is -0.455 e. The third-order valence-electron chi connectivity index (χ3n) is 17.2. The van der Waals surface area contributed by atoms with E-state index in [4.69, 9.17) is 8.83 Å². The fourth-order valence-corrected chi connectivity index (χ4v) is 13.2. The van der Waals surface area contributed by atoms with Crippen LogP contribution in [-0.2, 0) is 5.41 Å². The van der Waals surface area contributed by atoms with E-state index in [9.17, 15) is 0 Å². The molecule has 0 N–H and O–H groups in total. The van der Waals surface area contributed by atoms with Crippen molar-refractivity contribution in [3.63, 3.8) is 0 Å². The molecule has 1 aliphatic rings. The highest BCUT2D eigenvalue weighted by Crippen LogP contribution is 2.56. The van der Waals surface area contributed by atoms with E-state index in [1.54, 1.807) is 0 Å². The number of hydrogen-bond acceptors (Lipinski definition) is 4. The van der Waals surface area contributed by atoms with Crippen molar-refractivity contribution >= 4 is 88.8 Å². The Morgan fingerprint density at radius 2 is 0.675 bits per heavy atom. The zero-order chi connectivity index (χ0) is 55.2. The maximum Gasteiger partial charge on any atom is 0.143 e. The Hall–Kier alpha value is -10.7. The third-order valence-corrected chi connectivity index (χ3v) is 17.2. The van der Waals surface area contributed by atoms with Crippen molar-refractivity contribution in [2.45, 2.75) is 19.3 Å². The van der Waals surface area contributed by atoms with Gasteiger partial charge >= 0.3 is 0 Å². The summed E-state index contributed by atoms with van der Waals surface area (Å²) in [6.07, 6.45) is 0. The van der Waals surface area contributed by atoms with Crippen molar-refractivity contribution < 1.29 is 8.83 Å². The van der Waals surface area contributed by atoms with Gasteiger partial charge in [0.1, 0.15) is 22.3 Å². The molecule has 0 atom stereocenters. The van der Waals surface area contributed by atoms with Gasteiger partial charge in [0.05, 0.1) is 5.69 Å². The molecule has 0 bridgehead atoms. The number of nitrogens with zero attached hydrogens (tertiary/aromatic N) is 2. The highest BCUT2D eigenvalue weighted by Gasteiger charge is 2.39. The van der Waals surface area contributed by atoms with Crippen LogP contribution in [0.2, 0.25) is 0 Å². The van der Waals surface area contributed by atoms with Crippen LogP contribution in [0.25, 0.3) is 110 Å². The SMILES string of the molecule is CC1(C)c2cc(N(c3ccc(-c4ccccc4)cc3)c3cccc(-c4cccc5c4oc4ccccc45)c3)ccc2-c2c1cc(N(c1ccc(-c3ccccc3)cc1)c1cccc(-c3cccc4c3oc3ccccc34)c1)c1ccccc21. The monoisotopic (exact) mass is 1060 g/mol. The molecule has 1 aliphatic carbocycles. The average molecular weight is 1060 g/mol. The van der Waals surface area contributed by atoms with Crippen LogP contribution in [0.15, 0.2) is 300 Å². The Bertz CT molecular complexity index is 4990. The molecule has 83 heavy (non-hydrogen) atoms. The topological polar surface area (TPSA) is 32.8 Å². The number of para-hydroxylation sites is 4. The van der Waals surface area contributed by atoms with Crippen LogP contribution in [0.5, 0.6) is 0 Å². The van der Waals surface area contributed by atoms with Crippen molar-refractivity contribution in [1.29, 1.82) is 0 Å². The highest BCUT2D eigenvalue weighted by atomic mass is 16.3. The van der Waals surface area contributed by atoms with Crippen LogP contribution in [0.4, 0.5) is 34.1 Å². The molecule has 0 amide bonds. The second-order valence-electron chi connectivity index (χ2n) is 22.4. The fraction of sp³-hybridized carbons (Fsp3) is 0.0380. The van der Waals surface area contributed by atoms with Crippen molar-refractivity contribution in [2.24, 2.45) is 0 Å². The number of fused-ring (bicyclic) bond motifs is 11. The van der Waals surface area contributed by atoms with Gasteiger partial charge in [-0.2, -0.15) is 0 Å². The Morgan fingerprint density at radius 1 is 0.265 bits per heavy atom. The smallest absolute Gasteiger partial charge is 0.143 e. The zero-order valence-electron chi connectivity index (χ0n) is 45.9. The van der Waals surface area contributed by atoms with E-state index in [1.165, 1.54) is 55.3 Å². The maximum absolute atomic E-state index is 6.65. The average Bonchev–Trinajstić information content (AvgIpc) is 3.44. The van der Waals surface area contributed by atoms with Crippen molar-refractivity contribution in [1.82, 2.24) is 0 Å². The largest absolute Gasteiger partial charge is 0.455 e. The molecule has 4 nitrogen and oxygen atoms in total. The summed E-state index contributed by atoms with van der Waals surface area (Å²) in [4.78, 5) is 4.88. The van der Waals surface area contributed by atoms with E-state index in [1.807, 2.05) is 12.1 Å². The van der Waals surface area contributed by atoms with Gasteiger partial charge in [-0.05, 0) is 140 Å². The predicted molar refractivity (Wildman–Crippen MR) is 347 cm³/mol. The second-order valence-corrected chi connectivity index (χ2v) is 22.4. The van der Waals surface area contributed by atoms with Crippen molar-refractivity contribution in [3.8, 4) is 55.6 Å². The van der Waals surface area contributed by atoms with Crippen LogP contribution in [-0.4, -0.2) is 0 Å². The lowest BCUT2D eigenvalue weighted by Gasteiger charge is -2.30. The van der Waals surface area contributed by atoms with Crippen molar-refractivity contribution in [3.05, 3.63) is 302 Å². The summed E-state index contributed by atoms with van der Waals surface area (Å²) in [5.41, 5.74) is 23.7. The number of rotatable bonds is 10. The molecule has 15 aromatic rings. The summed E-state index contributed by atoms with van der Waals surface area (Å²) in [5, 5.41) is 6.85. The molecule has 0 saturated heterocycles. The first-order valence-corrected chi connectivity index (χ1v) is 28.6. The first-order chi connectivity index (χ1) is 40.9. The quantitative estimate of drug-likeness (QED) is 0.137. The van der Waals surface area contributed by atoms with E-state index < -0.39 is 5.41 Å². The molecule has 0 fully saturated rings. The van der Waals surface area contributed by atoms with Crippen LogP contribution in [0, 0.1) is 0 Å². The molecule has 0 radical (unpaired) electrons. The first-order valence-electron chi connectivity index (χ1n) is 28.6. The number of anilines is 6. The molecular formula is C79H54N2O2. The summed E-state index contributed by atoms with van der Waals surface area (Å²) < 4.78 is 13.3. The Balaban J connectivity index is 0.852. The first kappa shape index (κ1) is 48.2. The van der Waals surface area contributed by atoms with E-state index in [2.05, 4.69) is 303 Å². The van der Waals surface area contributed by atoms with Crippen LogP contribution in [0.1, 0.15) is 25.0 Å². The molecule has 0 spiro atoms. The van der Waals surface area contributed by atoms with Gasteiger partial charge in [-0.15, -0.1) is 0 Å². The van der Waals surface area contributed by atoms with Gasteiger partial charge < -0.3 is 18.6 Å². The summed E-state index contributed by atoms with van der Waals surface area (Å²) in [5.74, 6) is 0. The van der Waals surface area contributed by atoms with Gasteiger partial charge in [0.25, 0.3) is 0 Å². The minimum atomic E-state index is -0.400. The summed E-state index contributed by atoms with van der Waals surface area (Å²) in [7, 11) is 0. The lowest BCUT2D eigenvalue weighted by molar-refractivity contribution is 0.661. The molecule has 392 valence electrons. The zero-order valence-corrected chi connectivity index (χ0v) is 45.9. The van der Waals surface area contributed by atoms with Gasteiger partial charge in [-0.3, -0.25) is 0 Å². The fourth-order valence-electron chi connectivity index (χ4n) is 13.2. The number of benzene rings is 13. The molecular weight excluding hydrogens is 1010 g/mol. The van der Waals surface area contributed by atoms with Crippen molar-refractivity contribution in [2.75, 3.05) is 9.80 Å². The lowest BCUT2D eigenvalue weighted by Crippen LogP contribution is -2.18. The molecule has 16 rings (SSSR count). The van der Waals surface area contributed by atoms with Gasteiger partial charge in [-0.25, -0.2) is 0 Å². The summed E-state index contributed by atoms with van der Waals surface area (Å²) in [6, 6.07) is 105. The van der Waals surface area contributed by atoms with E-state index in [0.717, 1.165) is 100 Å². The second kappa shape index (κ2) is 19.3. The molecule has 2 heterocycles. The number of hydrogen-bond donors (Lipinski definition) is 0. The summed E-state index contributed by atoms with van der Waals surface area (Å²) in [6.45, 7) is 4.81. The molecule has 0 unspecified atom stereocenters. The normalized spacial score (nSPS) is 12.6. The lowest BCUT2D eigenvalue weighted by atomic mass is 9.81. The maximum atomic E-state index is 6.65. The van der Waals surface area contributed by atoms with Gasteiger partial charge in [0.15, 0.2) is 0 Å². The Kier molecular flexibility index (Phi) is 11.2. The Labute approximate surface area is 482 Å². The van der Waals surface area contributed by atoms with E-state index in [-0.39, 0.29) is 0 Å².